The molecule has 1 aromatic carbocycles. The highest BCUT2D eigenvalue weighted by Crippen LogP contribution is 2.39. The lowest BCUT2D eigenvalue weighted by Gasteiger charge is -2.17. The van der Waals surface area contributed by atoms with Crippen molar-refractivity contribution < 1.29 is 4.74 Å². The van der Waals surface area contributed by atoms with E-state index in [1.165, 1.54) is 16.9 Å². The van der Waals surface area contributed by atoms with Gasteiger partial charge in [0.15, 0.2) is 0 Å². The lowest BCUT2D eigenvalue weighted by Crippen LogP contribution is -2.16. The molecule has 1 unspecified atom stereocenters. The summed E-state index contributed by atoms with van der Waals surface area (Å²) in [5.41, 5.74) is 3.46. The predicted octanol–water partition coefficient (Wildman–Crippen LogP) is 4.54. The Labute approximate surface area is 162 Å². The molecule has 1 atom stereocenters. The average molecular weight is 378 g/mol. The normalized spacial score (nSPS) is 20.1. The zero-order valence-electron chi connectivity index (χ0n) is 15.6. The number of rotatable bonds is 2. The first kappa shape index (κ1) is 16.8. The van der Waals surface area contributed by atoms with Gasteiger partial charge < -0.3 is 9.30 Å². The molecule has 5 heteroatoms. The van der Waals surface area contributed by atoms with Crippen LogP contribution < -0.4 is 10.3 Å². The van der Waals surface area contributed by atoms with Crippen LogP contribution in [0.5, 0.6) is 5.75 Å². The number of aromatic nitrogens is 2. The third-order valence-corrected chi connectivity index (χ3v) is 7.04. The van der Waals surface area contributed by atoms with Crippen LogP contribution in [0.1, 0.15) is 41.6 Å². The molecule has 3 heterocycles. The molecule has 0 amide bonds. The molecular weight excluding hydrogens is 356 g/mol. The maximum absolute atomic E-state index is 12.9. The van der Waals surface area contributed by atoms with Crippen molar-refractivity contribution >= 4 is 33.2 Å². The summed E-state index contributed by atoms with van der Waals surface area (Å²) in [6.45, 7) is 3.20. The summed E-state index contributed by atoms with van der Waals surface area (Å²) in [5.74, 6) is 2.39. The van der Waals surface area contributed by atoms with Crippen molar-refractivity contribution in [3.05, 3.63) is 56.4 Å². The van der Waals surface area contributed by atoms with E-state index >= 15 is 0 Å². The van der Waals surface area contributed by atoms with Gasteiger partial charge in [-0.3, -0.25) is 4.79 Å². The van der Waals surface area contributed by atoms with Gasteiger partial charge in [0.25, 0.3) is 5.56 Å². The van der Waals surface area contributed by atoms with Crippen LogP contribution in [0.25, 0.3) is 21.9 Å². The Morgan fingerprint density at radius 1 is 1.26 bits per heavy atom. The van der Waals surface area contributed by atoms with Gasteiger partial charge in [-0.2, -0.15) is 4.98 Å². The van der Waals surface area contributed by atoms with Crippen LogP contribution in [-0.2, 0) is 19.4 Å². The first-order valence-corrected chi connectivity index (χ1v) is 10.4. The van der Waals surface area contributed by atoms with Crippen molar-refractivity contribution in [3.8, 4) is 5.75 Å². The summed E-state index contributed by atoms with van der Waals surface area (Å²) < 4.78 is 7.49. The average Bonchev–Trinajstić information content (AvgIpc) is 3.24. The second-order valence-electron chi connectivity index (χ2n) is 7.62. The molecule has 0 spiro atoms. The number of benzene rings is 1. The van der Waals surface area contributed by atoms with Crippen molar-refractivity contribution in [1.29, 1.82) is 0 Å². The highest BCUT2D eigenvalue weighted by molar-refractivity contribution is 7.18. The van der Waals surface area contributed by atoms with Gasteiger partial charge in [-0.05, 0) is 66.5 Å². The van der Waals surface area contributed by atoms with Crippen molar-refractivity contribution in [2.45, 2.75) is 39.2 Å². The second kappa shape index (κ2) is 6.34. The molecule has 0 radical (unpaired) electrons. The Kier molecular flexibility index (Phi) is 3.93. The fourth-order valence-electron chi connectivity index (χ4n) is 4.29. The maximum Gasteiger partial charge on any atom is 0.282 e. The predicted molar refractivity (Wildman–Crippen MR) is 111 cm³/mol. The zero-order valence-corrected chi connectivity index (χ0v) is 16.4. The van der Waals surface area contributed by atoms with Gasteiger partial charge in [-0.1, -0.05) is 19.1 Å². The molecule has 0 saturated carbocycles. The van der Waals surface area contributed by atoms with Gasteiger partial charge in [0.05, 0.1) is 12.5 Å². The van der Waals surface area contributed by atoms with Gasteiger partial charge >= 0.3 is 0 Å². The smallest absolute Gasteiger partial charge is 0.282 e. The van der Waals surface area contributed by atoms with E-state index in [4.69, 9.17) is 4.74 Å². The van der Waals surface area contributed by atoms with Crippen molar-refractivity contribution in [2.75, 3.05) is 7.11 Å². The highest BCUT2D eigenvalue weighted by Gasteiger charge is 2.27. The van der Waals surface area contributed by atoms with E-state index in [0.29, 0.717) is 5.92 Å². The van der Waals surface area contributed by atoms with E-state index in [9.17, 15) is 4.79 Å². The lowest BCUT2D eigenvalue weighted by atomic mass is 9.89. The summed E-state index contributed by atoms with van der Waals surface area (Å²) in [4.78, 5) is 19.9. The van der Waals surface area contributed by atoms with Crippen LogP contribution >= 0.6 is 11.3 Å². The van der Waals surface area contributed by atoms with Crippen molar-refractivity contribution in [1.82, 2.24) is 9.55 Å². The molecule has 138 valence electrons. The molecule has 3 aromatic rings. The highest BCUT2D eigenvalue weighted by atomic mass is 32.1. The second-order valence-corrected chi connectivity index (χ2v) is 8.70. The molecule has 27 heavy (non-hydrogen) atoms. The van der Waals surface area contributed by atoms with E-state index in [1.807, 2.05) is 35.6 Å². The molecule has 0 fully saturated rings. The summed E-state index contributed by atoms with van der Waals surface area (Å²) in [5, 5.41) is 0.886. The molecule has 5 rings (SSSR count). The van der Waals surface area contributed by atoms with Crippen molar-refractivity contribution in [2.24, 2.45) is 5.92 Å². The monoisotopic (exact) mass is 378 g/mol. The Bertz CT molecular complexity index is 1120. The van der Waals surface area contributed by atoms with Crippen LogP contribution in [-0.4, -0.2) is 16.7 Å². The Morgan fingerprint density at radius 3 is 2.85 bits per heavy atom. The Morgan fingerprint density at radius 2 is 2.07 bits per heavy atom. The van der Waals surface area contributed by atoms with Crippen LogP contribution in [0.3, 0.4) is 0 Å². The zero-order chi connectivity index (χ0) is 18.5. The summed E-state index contributed by atoms with van der Waals surface area (Å²) in [6.07, 6.45) is 6.34. The fourth-order valence-corrected chi connectivity index (χ4v) is 5.82. The molecule has 1 aliphatic carbocycles. The number of allylic oxidation sites excluding steroid dienone is 1. The van der Waals surface area contributed by atoms with Gasteiger partial charge in [0.1, 0.15) is 16.4 Å². The molecular formula is C22H22N2O2S. The van der Waals surface area contributed by atoms with Gasteiger partial charge in [-0.25, -0.2) is 0 Å². The minimum absolute atomic E-state index is 0.0502. The molecule has 0 bridgehead atoms. The Hall–Kier alpha value is -2.40. The molecule has 0 saturated heterocycles. The van der Waals surface area contributed by atoms with Crippen LogP contribution in [0.2, 0.25) is 0 Å². The number of methoxy groups -OCH3 is 1. The molecule has 2 aromatic heterocycles. The third kappa shape index (κ3) is 2.72. The number of nitrogens with zero attached hydrogens (tertiary/aromatic N) is 2. The summed E-state index contributed by atoms with van der Waals surface area (Å²) >= 11 is 1.82. The van der Waals surface area contributed by atoms with Gasteiger partial charge in [0.2, 0.25) is 0 Å². The minimum atomic E-state index is -0.0502. The van der Waals surface area contributed by atoms with E-state index in [2.05, 4.69) is 22.6 Å². The fraction of sp³-hybridized carbons (Fsp3) is 0.364. The number of ether oxygens (including phenoxy) is 1. The largest absolute Gasteiger partial charge is 0.497 e. The number of aryl methyl sites for hydroxylation is 2. The lowest BCUT2D eigenvalue weighted by molar-refractivity contribution is 0.415. The number of hydrogen-bond donors (Lipinski definition) is 0. The van der Waals surface area contributed by atoms with Crippen molar-refractivity contribution in [3.63, 3.8) is 0 Å². The van der Waals surface area contributed by atoms with Crippen LogP contribution in [0.4, 0.5) is 0 Å². The number of fused-ring (bicyclic) bond motifs is 5. The summed E-state index contributed by atoms with van der Waals surface area (Å²) in [6, 6.07) is 7.99. The summed E-state index contributed by atoms with van der Waals surface area (Å²) in [7, 11) is 1.67. The molecule has 2 aliphatic rings. The van der Waals surface area contributed by atoms with Gasteiger partial charge in [-0.15, -0.1) is 11.3 Å². The quantitative estimate of drug-likeness (QED) is 0.658. The third-order valence-electron chi connectivity index (χ3n) is 5.76. The maximum atomic E-state index is 12.9. The number of thiophene rings is 1. The first-order chi connectivity index (χ1) is 13.1. The Balaban J connectivity index is 1.63. The van der Waals surface area contributed by atoms with Crippen LogP contribution in [0, 0.1) is 5.92 Å². The minimum Gasteiger partial charge on any atom is -0.497 e. The molecule has 1 aliphatic heterocycles. The van der Waals surface area contributed by atoms with E-state index in [0.717, 1.165) is 58.7 Å². The molecule has 4 nitrogen and oxygen atoms in total. The van der Waals surface area contributed by atoms with E-state index in [-0.39, 0.29) is 5.56 Å². The van der Waals surface area contributed by atoms with E-state index in [1.54, 1.807) is 7.11 Å². The van der Waals surface area contributed by atoms with E-state index < -0.39 is 0 Å². The first-order valence-electron chi connectivity index (χ1n) is 9.54. The standard InChI is InChI=1S/C22H22N2O2S/c1-13-3-8-17-18(11-13)27-22-19(17)21(25)23-20-15(9-10-24(20)22)12-14-4-6-16(26-2)7-5-14/h4-7,12-13H,3,8-11H2,1-2H3/b15-12+. The topological polar surface area (TPSA) is 44.1 Å². The van der Waals surface area contributed by atoms with Crippen LogP contribution in [0.15, 0.2) is 29.1 Å². The SMILES string of the molecule is COc1ccc(/C=C2\CCn3c2nc(=O)c2c4c(sc23)CC(C)CC4)cc1. The molecule has 0 N–H and O–H groups in total. The number of hydrogen-bond acceptors (Lipinski definition) is 4. The van der Waals surface area contributed by atoms with Gasteiger partial charge in [0, 0.05) is 11.4 Å².